The van der Waals surface area contributed by atoms with E-state index in [1.165, 1.54) is 217 Å². The molecule has 0 aromatic rings. The molecule has 0 bridgehead atoms. The van der Waals surface area contributed by atoms with Gasteiger partial charge in [-0.2, -0.15) is 0 Å². The van der Waals surface area contributed by atoms with Crippen LogP contribution in [0.15, 0.2) is 60.8 Å². The monoisotopic (exact) mass is 799 g/mol. The summed E-state index contributed by atoms with van der Waals surface area (Å²) in [6.07, 6.45) is 66.6. The average Bonchev–Trinajstić information content (AvgIpc) is 3.23. The van der Waals surface area contributed by atoms with Crippen LogP contribution < -0.4 is 0 Å². The molecule has 0 aliphatic rings. The lowest BCUT2D eigenvalue weighted by Crippen LogP contribution is -1.95. The summed E-state index contributed by atoms with van der Waals surface area (Å²) in [5.41, 5.74) is 1.33. The lowest BCUT2D eigenvalue weighted by molar-refractivity contribution is 0.431. The van der Waals surface area contributed by atoms with Gasteiger partial charge in [0.2, 0.25) is 0 Å². The molecule has 0 atom stereocenters. The van der Waals surface area contributed by atoms with E-state index < -0.39 is 0 Å². The first-order valence-electron chi connectivity index (χ1n) is 26.2. The molecule has 0 saturated heterocycles. The molecule has 0 amide bonds. The van der Waals surface area contributed by atoms with Gasteiger partial charge in [-0.25, -0.2) is 0 Å². The second kappa shape index (κ2) is 69.3. The van der Waals surface area contributed by atoms with Crippen LogP contribution in [-0.2, 0) is 0 Å². The number of allylic oxidation sites excluding steroid dienone is 9. The number of rotatable bonds is 38. The van der Waals surface area contributed by atoms with E-state index in [1.807, 2.05) is 27.7 Å². The van der Waals surface area contributed by atoms with E-state index in [-0.39, 0.29) is 0 Å². The normalized spacial score (nSPS) is 11.0. The van der Waals surface area contributed by atoms with Gasteiger partial charge in [0, 0.05) is 0 Å². The van der Waals surface area contributed by atoms with E-state index in [9.17, 15) is 0 Å². The third-order valence-corrected chi connectivity index (χ3v) is 10.3. The summed E-state index contributed by atoms with van der Waals surface area (Å²) in [6, 6.07) is 0. The summed E-state index contributed by atoms with van der Waals surface area (Å²) in [6.45, 7) is 27.7. The SMILES string of the molecule is C=C(C)CCCCCCCC.CC.CC.CCCC.CCCCC/C=C\C/C=C\CCCCCCCCC(C)CCCCCCCC/C=C\C/C=C\CCCCC. The highest BCUT2D eigenvalue weighted by Crippen LogP contribution is 2.19. The second-order valence-corrected chi connectivity index (χ2v) is 16.3. The topological polar surface area (TPSA) is 0 Å². The first-order valence-corrected chi connectivity index (χ1v) is 26.2. The van der Waals surface area contributed by atoms with Gasteiger partial charge in [0.1, 0.15) is 0 Å². The standard InChI is InChI=1S/C38H70.C11H22.C4H10.2C2H6/c1-4-6-8-10-12-14-16-18-20-22-24-26-28-30-32-34-36-38(3)37-35-33-31-29-27-25-23-21-19-17-15-13-11-9-7-5-2;1-4-5-6-7-8-9-10-11(2)3;1-3-4-2;2*1-2/h12-15,18-21,38H,4-11,16-17,22-37H2,1-3H3;2,4-10H2,1,3H3;3-4H2,1-2H3;2*1-2H3/b14-12-,15-13-,20-18-,21-19-;;;;. The zero-order valence-electron chi connectivity index (χ0n) is 42.2. The van der Waals surface area contributed by atoms with Gasteiger partial charge in [0.25, 0.3) is 0 Å². The molecule has 0 nitrogen and oxygen atoms in total. The van der Waals surface area contributed by atoms with Gasteiger partial charge < -0.3 is 0 Å². The summed E-state index contributed by atoms with van der Waals surface area (Å²) >= 11 is 0. The van der Waals surface area contributed by atoms with Crippen molar-refractivity contribution in [3.05, 3.63) is 60.8 Å². The number of hydrogen-bond donors (Lipinski definition) is 0. The van der Waals surface area contributed by atoms with Crippen LogP contribution >= 0.6 is 0 Å². The Morgan fingerprint density at radius 2 is 0.614 bits per heavy atom. The molecule has 342 valence electrons. The number of hydrogen-bond acceptors (Lipinski definition) is 0. The summed E-state index contributed by atoms with van der Waals surface area (Å²) in [5, 5.41) is 0. The van der Waals surface area contributed by atoms with Crippen LogP contribution in [0.2, 0.25) is 0 Å². The minimum Gasteiger partial charge on any atom is -0.100 e. The molecule has 57 heavy (non-hydrogen) atoms. The van der Waals surface area contributed by atoms with Crippen LogP contribution in [0.1, 0.15) is 301 Å². The molecule has 0 aromatic heterocycles. The van der Waals surface area contributed by atoms with Gasteiger partial charge in [-0.05, 0) is 89.9 Å². The van der Waals surface area contributed by atoms with Crippen molar-refractivity contribution in [2.45, 2.75) is 301 Å². The molecule has 0 saturated carbocycles. The van der Waals surface area contributed by atoms with Crippen LogP contribution in [0.3, 0.4) is 0 Å². The van der Waals surface area contributed by atoms with E-state index in [4.69, 9.17) is 0 Å². The maximum absolute atomic E-state index is 3.89. The highest BCUT2D eigenvalue weighted by Gasteiger charge is 2.02. The second-order valence-electron chi connectivity index (χ2n) is 16.3. The zero-order valence-corrected chi connectivity index (χ0v) is 42.2. The Morgan fingerprint density at radius 1 is 0.351 bits per heavy atom. The molecule has 0 N–H and O–H groups in total. The highest BCUT2D eigenvalue weighted by atomic mass is 14.1. The van der Waals surface area contributed by atoms with Gasteiger partial charge in [-0.15, -0.1) is 6.58 Å². The smallest absolute Gasteiger partial charge is 0.0169 e. The lowest BCUT2D eigenvalue weighted by atomic mass is 9.96. The van der Waals surface area contributed by atoms with Crippen molar-refractivity contribution in [3.8, 4) is 0 Å². The van der Waals surface area contributed by atoms with Gasteiger partial charge in [-0.3, -0.25) is 0 Å². The van der Waals surface area contributed by atoms with E-state index in [2.05, 4.69) is 104 Å². The Bertz CT molecular complexity index is 698. The Morgan fingerprint density at radius 3 is 0.930 bits per heavy atom. The van der Waals surface area contributed by atoms with Gasteiger partial charge in [0.15, 0.2) is 0 Å². The zero-order chi connectivity index (χ0) is 43.6. The fourth-order valence-electron chi connectivity index (χ4n) is 6.31. The molecule has 0 aliphatic heterocycles. The van der Waals surface area contributed by atoms with Gasteiger partial charge >= 0.3 is 0 Å². The molecule has 0 aromatic carbocycles. The van der Waals surface area contributed by atoms with Crippen LogP contribution in [0.4, 0.5) is 0 Å². The molecule has 0 fully saturated rings. The van der Waals surface area contributed by atoms with Gasteiger partial charge in [0.05, 0.1) is 0 Å². The predicted octanol–water partition coefficient (Wildman–Crippen LogP) is 22.2. The fourth-order valence-corrected chi connectivity index (χ4v) is 6.31. The average molecular weight is 800 g/mol. The molecular formula is C57H114. The van der Waals surface area contributed by atoms with E-state index in [1.54, 1.807) is 0 Å². The van der Waals surface area contributed by atoms with Crippen LogP contribution in [0.5, 0.6) is 0 Å². The molecule has 0 radical (unpaired) electrons. The molecule has 0 rings (SSSR count). The Kier molecular flexibility index (Phi) is 78.9. The molecular weight excluding hydrogens is 685 g/mol. The van der Waals surface area contributed by atoms with Crippen LogP contribution in [0, 0.1) is 5.92 Å². The fraction of sp³-hybridized carbons (Fsp3) is 0.825. The summed E-state index contributed by atoms with van der Waals surface area (Å²) in [7, 11) is 0. The van der Waals surface area contributed by atoms with Crippen molar-refractivity contribution in [1.29, 1.82) is 0 Å². The minimum absolute atomic E-state index is 0.937. The van der Waals surface area contributed by atoms with Crippen molar-refractivity contribution in [2.24, 2.45) is 5.92 Å². The Balaban J connectivity index is -0.000000391. The third kappa shape index (κ3) is 79.6. The van der Waals surface area contributed by atoms with E-state index in [0.717, 1.165) is 18.8 Å². The molecule has 0 aliphatic carbocycles. The maximum atomic E-state index is 3.89. The quantitative estimate of drug-likeness (QED) is 0.0431. The first kappa shape index (κ1) is 64.8. The largest absolute Gasteiger partial charge is 0.100 e. The molecule has 0 heterocycles. The predicted molar refractivity (Wildman–Crippen MR) is 273 cm³/mol. The van der Waals surface area contributed by atoms with E-state index >= 15 is 0 Å². The third-order valence-electron chi connectivity index (χ3n) is 10.3. The van der Waals surface area contributed by atoms with Crippen molar-refractivity contribution in [2.75, 3.05) is 0 Å². The summed E-state index contributed by atoms with van der Waals surface area (Å²) in [5.74, 6) is 0.937. The lowest BCUT2D eigenvalue weighted by Gasteiger charge is -2.11. The maximum Gasteiger partial charge on any atom is -0.0169 e. The number of unbranched alkanes of at least 4 members (excludes halogenated alkanes) is 24. The summed E-state index contributed by atoms with van der Waals surface area (Å²) < 4.78 is 0. The Hall–Kier alpha value is -1.30. The van der Waals surface area contributed by atoms with Crippen LogP contribution in [0.25, 0.3) is 0 Å². The molecule has 0 spiro atoms. The highest BCUT2D eigenvalue weighted by molar-refractivity contribution is 4.93. The minimum atomic E-state index is 0.937. The van der Waals surface area contributed by atoms with Crippen molar-refractivity contribution < 1.29 is 0 Å². The summed E-state index contributed by atoms with van der Waals surface area (Å²) in [4.78, 5) is 0. The Labute approximate surface area is 366 Å². The van der Waals surface area contributed by atoms with Crippen molar-refractivity contribution in [3.63, 3.8) is 0 Å². The first-order chi connectivity index (χ1) is 28.0. The van der Waals surface area contributed by atoms with Crippen molar-refractivity contribution >= 4 is 0 Å². The van der Waals surface area contributed by atoms with Crippen LogP contribution in [-0.4, -0.2) is 0 Å². The molecule has 0 unspecified atom stereocenters. The molecule has 0 heteroatoms. The van der Waals surface area contributed by atoms with E-state index in [0.29, 0.717) is 0 Å². The van der Waals surface area contributed by atoms with Gasteiger partial charge in [-0.1, -0.05) is 271 Å². The van der Waals surface area contributed by atoms with Crippen molar-refractivity contribution in [1.82, 2.24) is 0 Å².